The molecule has 2 unspecified atom stereocenters. The highest BCUT2D eigenvalue weighted by Gasteiger charge is 2.17. The maximum absolute atomic E-state index is 12.3. The van der Waals surface area contributed by atoms with Crippen molar-refractivity contribution < 1.29 is 15.0 Å². The summed E-state index contributed by atoms with van der Waals surface area (Å²) in [6, 6.07) is -0.632. The topological polar surface area (TPSA) is 69.6 Å². The third-order valence-electron chi connectivity index (χ3n) is 9.44. The fraction of sp³-hybridized carbons (Fsp3) is 0.881. The van der Waals surface area contributed by atoms with E-state index in [1.807, 2.05) is 6.08 Å². The van der Waals surface area contributed by atoms with E-state index in [0.717, 1.165) is 32.1 Å². The molecule has 0 aromatic heterocycles. The Balaban J connectivity index is 3.56. The van der Waals surface area contributed by atoms with Gasteiger partial charge >= 0.3 is 0 Å². The van der Waals surface area contributed by atoms with Crippen LogP contribution < -0.4 is 5.32 Å². The lowest BCUT2D eigenvalue weighted by Crippen LogP contribution is -2.45. The summed E-state index contributed by atoms with van der Waals surface area (Å²) >= 11 is 0. The number of amides is 1. The number of hydrogen-bond acceptors (Lipinski definition) is 3. The van der Waals surface area contributed by atoms with Gasteiger partial charge in [0.25, 0.3) is 0 Å². The highest BCUT2D eigenvalue weighted by Crippen LogP contribution is 2.15. The maximum atomic E-state index is 12.3. The van der Waals surface area contributed by atoms with Gasteiger partial charge in [0, 0.05) is 6.42 Å². The van der Waals surface area contributed by atoms with Gasteiger partial charge in [-0.25, -0.2) is 0 Å². The molecule has 0 aliphatic carbocycles. The Morgan fingerprint density at radius 2 is 0.848 bits per heavy atom. The lowest BCUT2D eigenvalue weighted by Gasteiger charge is -2.19. The molecule has 0 aliphatic heterocycles. The predicted octanol–water partition coefficient (Wildman–Crippen LogP) is 12.5. The SMILES string of the molecule is CCCCCCCCCCCCCCCCCCCC/C=C/CC/C=C/C(O)C(CO)NC(=O)CCCCCCCCCCCC. The first kappa shape index (κ1) is 44.9. The maximum Gasteiger partial charge on any atom is 0.220 e. The van der Waals surface area contributed by atoms with E-state index in [2.05, 4.69) is 31.3 Å². The van der Waals surface area contributed by atoms with Gasteiger partial charge in [-0.05, 0) is 32.1 Å². The monoisotopic (exact) mass is 648 g/mol. The molecule has 1 amide bonds. The first-order chi connectivity index (χ1) is 22.7. The number of rotatable bonds is 37. The number of aliphatic hydroxyl groups excluding tert-OH is 2. The molecule has 0 saturated carbocycles. The normalized spacial score (nSPS) is 13.2. The van der Waals surface area contributed by atoms with E-state index in [1.165, 1.54) is 167 Å². The molecule has 0 saturated heterocycles. The summed E-state index contributed by atoms with van der Waals surface area (Å²) in [5, 5.41) is 22.9. The van der Waals surface area contributed by atoms with Crippen molar-refractivity contribution in [2.24, 2.45) is 0 Å². The Morgan fingerprint density at radius 1 is 0.500 bits per heavy atom. The highest BCUT2D eigenvalue weighted by molar-refractivity contribution is 5.76. The second-order valence-electron chi connectivity index (χ2n) is 14.1. The van der Waals surface area contributed by atoms with Crippen LogP contribution in [0, 0.1) is 0 Å². The fourth-order valence-electron chi connectivity index (χ4n) is 6.25. The van der Waals surface area contributed by atoms with E-state index in [1.54, 1.807) is 6.08 Å². The lowest BCUT2D eigenvalue weighted by molar-refractivity contribution is -0.123. The van der Waals surface area contributed by atoms with E-state index < -0.39 is 12.1 Å². The largest absolute Gasteiger partial charge is 0.394 e. The number of unbranched alkanes of at least 4 members (excludes halogenated alkanes) is 28. The Labute approximate surface area is 288 Å². The van der Waals surface area contributed by atoms with Crippen LogP contribution in [0.4, 0.5) is 0 Å². The van der Waals surface area contributed by atoms with Crippen molar-refractivity contribution in [1.82, 2.24) is 5.32 Å². The van der Waals surface area contributed by atoms with Crippen LogP contribution in [0.5, 0.6) is 0 Å². The zero-order chi connectivity index (χ0) is 33.6. The minimum Gasteiger partial charge on any atom is -0.394 e. The molecule has 0 rings (SSSR count). The van der Waals surface area contributed by atoms with E-state index in [-0.39, 0.29) is 12.5 Å². The summed E-state index contributed by atoms with van der Waals surface area (Å²) in [5.74, 6) is -0.0754. The Morgan fingerprint density at radius 3 is 1.26 bits per heavy atom. The van der Waals surface area contributed by atoms with Crippen LogP contribution in [0.1, 0.15) is 219 Å². The van der Waals surface area contributed by atoms with Crippen LogP contribution in [0.3, 0.4) is 0 Å². The molecule has 0 aromatic carbocycles. The summed E-state index contributed by atoms with van der Waals surface area (Å²) < 4.78 is 0. The zero-order valence-electron chi connectivity index (χ0n) is 31.1. The van der Waals surface area contributed by atoms with Crippen LogP contribution in [-0.4, -0.2) is 34.9 Å². The molecule has 3 N–H and O–H groups in total. The molecule has 0 bridgehead atoms. The van der Waals surface area contributed by atoms with Crippen LogP contribution >= 0.6 is 0 Å². The highest BCUT2D eigenvalue weighted by atomic mass is 16.3. The molecule has 0 spiro atoms. The summed E-state index contributed by atoms with van der Waals surface area (Å²) in [6.45, 7) is 4.29. The third-order valence-corrected chi connectivity index (χ3v) is 9.44. The smallest absolute Gasteiger partial charge is 0.220 e. The first-order valence-electron chi connectivity index (χ1n) is 20.6. The molecule has 0 aromatic rings. The summed E-state index contributed by atoms with van der Waals surface area (Å²) in [6.07, 6.45) is 48.6. The van der Waals surface area contributed by atoms with Gasteiger partial charge < -0.3 is 15.5 Å². The average molecular weight is 648 g/mol. The molecule has 272 valence electrons. The van der Waals surface area contributed by atoms with Gasteiger partial charge in [-0.2, -0.15) is 0 Å². The Hall–Kier alpha value is -1.13. The quantitative estimate of drug-likeness (QED) is 0.0464. The van der Waals surface area contributed by atoms with Gasteiger partial charge in [-0.3, -0.25) is 4.79 Å². The molecule has 0 fully saturated rings. The standard InChI is InChI=1S/C42H81NO3/c1-3-5-7-9-11-13-15-16-17-18-19-20-21-22-23-24-25-26-27-28-29-31-33-35-37-41(45)40(39-44)43-42(46)38-36-34-32-30-14-12-10-8-6-4-2/h28-29,35,37,40-41,44-45H,3-27,30-34,36,38-39H2,1-2H3,(H,43,46)/b29-28+,37-35+. The van der Waals surface area contributed by atoms with Crippen molar-refractivity contribution >= 4 is 5.91 Å². The minimum absolute atomic E-state index is 0.0754. The van der Waals surface area contributed by atoms with Crippen molar-refractivity contribution in [2.75, 3.05) is 6.61 Å². The second kappa shape index (κ2) is 38.3. The number of hydrogen-bond donors (Lipinski definition) is 3. The molecular formula is C42H81NO3. The third kappa shape index (κ3) is 34.2. The van der Waals surface area contributed by atoms with E-state index in [4.69, 9.17) is 0 Å². The van der Waals surface area contributed by atoms with Gasteiger partial charge in [0.15, 0.2) is 0 Å². The van der Waals surface area contributed by atoms with Crippen molar-refractivity contribution in [2.45, 2.75) is 231 Å². The van der Waals surface area contributed by atoms with E-state index in [9.17, 15) is 15.0 Å². The molecule has 0 radical (unpaired) electrons. The van der Waals surface area contributed by atoms with Gasteiger partial charge in [0.2, 0.25) is 5.91 Å². The van der Waals surface area contributed by atoms with Crippen LogP contribution in [0.15, 0.2) is 24.3 Å². The zero-order valence-corrected chi connectivity index (χ0v) is 31.1. The van der Waals surface area contributed by atoms with Crippen LogP contribution in [0.2, 0.25) is 0 Å². The molecular weight excluding hydrogens is 566 g/mol. The number of aliphatic hydroxyl groups is 2. The van der Waals surface area contributed by atoms with Gasteiger partial charge in [0.1, 0.15) is 0 Å². The van der Waals surface area contributed by atoms with Gasteiger partial charge in [0.05, 0.1) is 18.8 Å². The lowest BCUT2D eigenvalue weighted by atomic mass is 10.0. The van der Waals surface area contributed by atoms with Gasteiger partial charge in [-0.1, -0.05) is 205 Å². The molecule has 0 aliphatic rings. The fourth-order valence-corrected chi connectivity index (χ4v) is 6.25. The van der Waals surface area contributed by atoms with E-state index >= 15 is 0 Å². The van der Waals surface area contributed by atoms with Crippen molar-refractivity contribution in [3.8, 4) is 0 Å². The Kier molecular flexibility index (Phi) is 37.4. The number of carbonyl (C=O) groups is 1. The second-order valence-corrected chi connectivity index (χ2v) is 14.1. The number of carbonyl (C=O) groups excluding carboxylic acids is 1. The van der Waals surface area contributed by atoms with Gasteiger partial charge in [-0.15, -0.1) is 0 Å². The average Bonchev–Trinajstić information content (AvgIpc) is 3.06. The molecule has 4 heteroatoms. The van der Waals surface area contributed by atoms with E-state index in [0.29, 0.717) is 6.42 Å². The number of nitrogens with one attached hydrogen (secondary N) is 1. The predicted molar refractivity (Wildman–Crippen MR) is 202 cm³/mol. The summed E-state index contributed by atoms with van der Waals surface area (Å²) in [5.41, 5.74) is 0. The van der Waals surface area contributed by atoms with Crippen molar-refractivity contribution in [3.63, 3.8) is 0 Å². The minimum atomic E-state index is -0.856. The van der Waals surface area contributed by atoms with Crippen molar-refractivity contribution in [3.05, 3.63) is 24.3 Å². The number of allylic oxidation sites excluding steroid dienone is 3. The summed E-state index contributed by atoms with van der Waals surface area (Å²) in [4.78, 5) is 12.3. The van der Waals surface area contributed by atoms with Crippen LogP contribution in [0.25, 0.3) is 0 Å². The molecule has 4 nitrogen and oxygen atoms in total. The molecule has 2 atom stereocenters. The molecule has 0 heterocycles. The molecule has 46 heavy (non-hydrogen) atoms. The Bertz CT molecular complexity index is 661. The van der Waals surface area contributed by atoms with Crippen molar-refractivity contribution in [1.29, 1.82) is 0 Å². The summed E-state index contributed by atoms with van der Waals surface area (Å²) in [7, 11) is 0. The first-order valence-corrected chi connectivity index (χ1v) is 20.6. The van der Waals surface area contributed by atoms with Crippen LogP contribution in [-0.2, 0) is 4.79 Å².